The molecule has 0 bridgehead atoms. The first-order chi connectivity index (χ1) is 15.3. The molecule has 0 unspecified atom stereocenters. The largest absolute Gasteiger partial charge is 0.309 e. The third-order valence-electron chi connectivity index (χ3n) is 6.92. The van der Waals surface area contributed by atoms with Gasteiger partial charge in [0, 0.05) is 32.2 Å². The van der Waals surface area contributed by atoms with E-state index in [1.807, 2.05) is 6.07 Å². The van der Waals surface area contributed by atoms with Gasteiger partial charge in [-0.15, -0.1) is 12.4 Å². The Morgan fingerprint density at radius 1 is 1.18 bits per heavy atom. The number of anilines is 1. The fourth-order valence-electron chi connectivity index (χ4n) is 4.83. The highest BCUT2D eigenvalue weighted by molar-refractivity contribution is 7.92. The van der Waals surface area contributed by atoms with Gasteiger partial charge in [-0.2, -0.15) is 5.10 Å². The number of carbonyl (C=O) groups is 2. The molecule has 3 aliphatic carbocycles. The predicted octanol–water partition coefficient (Wildman–Crippen LogP) is 4.14. The minimum absolute atomic E-state index is 0. The molecule has 3 aliphatic rings. The van der Waals surface area contributed by atoms with Gasteiger partial charge in [-0.3, -0.25) is 14.3 Å². The molecule has 3 fully saturated rings. The number of sulfone groups is 1. The Morgan fingerprint density at radius 2 is 1.94 bits per heavy atom. The number of nitrogens with zero attached hydrogens (tertiary/aromatic N) is 2. The highest BCUT2D eigenvalue weighted by Gasteiger charge is 2.41. The van der Waals surface area contributed by atoms with Gasteiger partial charge < -0.3 is 5.32 Å². The first-order valence-electron chi connectivity index (χ1n) is 11.5. The summed E-state index contributed by atoms with van der Waals surface area (Å²) in [5, 5.41) is 6.91. The van der Waals surface area contributed by atoms with Crippen LogP contribution >= 0.6 is 12.4 Å². The fraction of sp³-hybridized carbons (Fsp3) is 0.542. The molecule has 1 N–H and O–H groups in total. The highest BCUT2D eigenvalue weighted by Crippen LogP contribution is 2.47. The Kier molecular flexibility index (Phi) is 6.69. The van der Waals surface area contributed by atoms with Crippen molar-refractivity contribution in [2.24, 2.45) is 13.0 Å². The molecule has 0 spiro atoms. The Labute approximate surface area is 200 Å². The van der Waals surface area contributed by atoms with Gasteiger partial charge in [0.05, 0.1) is 16.1 Å². The lowest BCUT2D eigenvalue weighted by Gasteiger charge is -2.21. The lowest BCUT2D eigenvalue weighted by molar-refractivity contribution is -0.119. The van der Waals surface area contributed by atoms with E-state index < -0.39 is 15.8 Å². The van der Waals surface area contributed by atoms with E-state index in [9.17, 15) is 18.0 Å². The van der Waals surface area contributed by atoms with Crippen molar-refractivity contribution in [2.45, 2.75) is 73.3 Å². The number of rotatable bonds is 8. The van der Waals surface area contributed by atoms with Gasteiger partial charge in [0.1, 0.15) is 5.78 Å². The summed E-state index contributed by atoms with van der Waals surface area (Å²) in [6, 6.07) is 7.22. The zero-order valence-corrected chi connectivity index (χ0v) is 20.3. The number of nitrogens with one attached hydrogen (secondary N) is 1. The van der Waals surface area contributed by atoms with Crippen molar-refractivity contribution in [3.05, 3.63) is 41.6 Å². The van der Waals surface area contributed by atoms with Crippen molar-refractivity contribution < 1.29 is 18.0 Å². The minimum Gasteiger partial charge on any atom is -0.309 e. The van der Waals surface area contributed by atoms with Gasteiger partial charge in [-0.05, 0) is 67.6 Å². The SMILES string of the molecule is Cl.Cn1ccc(NC(=O)[C@H](C[C@H]2CCC(=O)C2)c2ccc(S(=O)(=O)C3CC3)c(C3CC3)c2)n1. The van der Waals surface area contributed by atoms with Gasteiger partial charge in [0.2, 0.25) is 5.91 Å². The van der Waals surface area contributed by atoms with Crippen LogP contribution in [0.4, 0.5) is 5.82 Å². The lowest BCUT2D eigenvalue weighted by atomic mass is 9.86. The lowest BCUT2D eigenvalue weighted by Crippen LogP contribution is -2.24. The number of hydrogen-bond donors (Lipinski definition) is 1. The summed E-state index contributed by atoms with van der Waals surface area (Å²) < 4.78 is 27.6. The normalized spacial score (nSPS) is 21.5. The summed E-state index contributed by atoms with van der Waals surface area (Å²) in [4.78, 5) is 25.6. The highest BCUT2D eigenvalue weighted by atomic mass is 35.5. The first kappa shape index (κ1) is 24.0. The topological polar surface area (TPSA) is 98.1 Å². The molecule has 1 aromatic carbocycles. The van der Waals surface area contributed by atoms with E-state index in [-0.39, 0.29) is 41.2 Å². The minimum atomic E-state index is -3.30. The van der Waals surface area contributed by atoms with Gasteiger partial charge in [-0.1, -0.05) is 12.1 Å². The predicted molar refractivity (Wildman–Crippen MR) is 127 cm³/mol. The van der Waals surface area contributed by atoms with Crippen LogP contribution in [0, 0.1) is 5.92 Å². The average Bonchev–Trinajstić information content (AvgIpc) is 3.68. The number of ketones is 1. The van der Waals surface area contributed by atoms with Crippen LogP contribution in [0.5, 0.6) is 0 Å². The van der Waals surface area contributed by atoms with Crippen LogP contribution < -0.4 is 5.32 Å². The van der Waals surface area contributed by atoms with Crippen molar-refractivity contribution in [1.82, 2.24) is 9.78 Å². The zero-order valence-electron chi connectivity index (χ0n) is 18.7. The molecular weight excluding hydrogens is 462 g/mol. The van der Waals surface area contributed by atoms with E-state index in [1.165, 1.54) is 0 Å². The molecule has 178 valence electrons. The van der Waals surface area contributed by atoms with Crippen molar-refractivity contribution in [3.63, 3.8) is 0 Å². The number of benzene rings is 1. The summed E-state index contributed by atoms with van der Waals surface area (Å²) in [5.74, 6) is 0.543. The van der Waals surface area contributed by atoms with Crippen molar-refractivity contribution in [2.75, 3.05) is 5.32 Å². The standard InChI is InChI=1S/C24H29N3O4S.ClH/c1-27-11-10-23(26-27)25-24(29)21(13-15-2-6-18(28)12-15)17-5-9-22(20(14-17)16-3-4-16)32(30,31)19-7-8-19;/h5,9-11,14-16,19,21H,2-4,6-8,12-13H2,1H3,(H,25,26,29);1H/t15-,21+;/m0./s1. The summed E-state index contributed by atoms with van der Waals surface area (Å²) >= 11 is 0. The summed E-state index contributed by atoms with van der Waals surface area (Å²) in [6.45, 7) is 0. The number of halogens is 1. The van der Waals surface area contributed by atoms with E-state index in [0.717, 1.165) is 43.2 Å². The van der Waals surface area contributed by atoms with Crippen molar-refractivity contribution >= 4 is 39.8 Å². The van der Waals surface area contributed by atoms with Crippen molar-refractivity contribution in [1.29, 1.82) is 0 Å². The zero-order chi connectivity index (χ0) is 22.5. The average molecular weight is 492 g/mol. The Hall–Kier alpha value is -2.19. The smallest absolute Gasteiger partial charge is 0.233 e. The third-order valence-corrected chi connectivity index (χ3v) is 9.26. The number of Topliss-reactive ketones (excluding diaryl/α,β-unsaturated/α-hetero) is 1. The maximum Gasteiger partial charge on any atom is 0.233 e. The molecule has 33 heavy (non-hydrogen) atoms. The second-order valence-corrected chi connectivity index (χ2v) is 11.8. The maximum absolute atomic E-state index is 13.3. The Balaban J connectivity index is 0.00000259. The summed E-state index contributed by atoms with van der Waals surface area (Å²) in [6.07, 6.45) is 7.67. The quantitative estimate of drug-likeness (QED) is 0.598. The molecule has 5 rings (SSSR count). The van der Waals surface area contributed by atoms with E-state index in [1.54, 1.807) is 36.1 Å². The number of carbonyl (C=O) groups excluding carboxylic acids is 2. The van der Waals surface area contributed by atoms with Crippen LogP contribution in [0.15, 0.2) is 35.4 Å². The van der Waals surface area contributed by atoms with Crippen LogP contribution in [0.25, 0.3) is 0 Å². The monoisotopic (exact) mass is 491 g/mol. The van der Waals surface area contributed by atoms with Gasteiger partial charge in [-0.25, -0.2) is 8.42 Å². The molecule has 0 aliphatic heterocycles. The molecule has 3 saturated carbocycles. The molecule has 2 atom stereocenters. The molecule has 1 aromatic heterocycles. The molecule has 1 heterocycles. The molecule has 2 aromatic rings. The molecule has 0 radical (unpaired) electrons. The Morgan fingerprint density at radius 3 is 2.52 bits per heavy atom. The van der Waals surface area contributed by atoms with E-state index in [2.05, 4.69) is 10.4 Å². The molecular formula is C24H30ClN3O4S. The van der Waals surface area contributed by atoms with E-state index in [4.69, 9.17) is 0 Å². The molecule has 7 nitrogen and oxygen atoms in total. The van der Waals surface area contributed by atoms with Crippen LogP contribution in [-0.2, 0) is 26.5 Å². The number of aryl methyl sites for hydroxylation is 1. The summed E-state index contributed by atoms with van der Waals surface area (Å²) in [7, 11) is -1.51. The number of amides is 1. The molecule has 1 amide bonds. The van der Waals surface area contributed by atoms with Gasteiger partial charge in [0.15, 0.2) is 15.7 Å². The van der Waals surface area contributed by atoms with E-state index in [0.29, 0.717) is 30.0 Å². The maximum atomic E-state index is 13.3. The van der Waals surface area contributed by atoms with Crippen LogP contribution in [0.3, 0.4) is 0 Å². The second-order valence-electron chi connectivity index (χ2n) is 9.62. The van der Waals surface area contributed by atoms with Crippen molar-refractivity contribution in [3.8, 4) is 0 Å². The first-order valence-corrected chi connectivity index (χ1v) is 13.1. The fourth-order valence-corrected chi connectivity index (χ4v) is 6.76. The summed E-state index contributed by atoms with van der Waals surface area (Å²) in [5.41, 5.74) is 1.70. The second kappa shape index (κ2) is 9.22. The molecule has 9 heteroatoms. The number of aromatic nitrogens is 2. The van der Waals surface area contributed by atoms with Gasteiger partial charge in [0.25, 0.3) is 0 Å². The van der Waals surface area contributed by atoms with Crippen LogP contribution in [0.2, 0.25) is 0 Å². The van der Waals surface area contributed by atoms with Gasteiger partial charge >= 0.3 is 0 Å². The van der Waals surface area contributed by atoms with Crippen LogP contribution in [0.1, 0.15) is 74.3 Å². The Bertz CT molecular complexity index is 1170. The number of hydrogen-bond acceptors (Lipinski definition) is 5. The van der Waals surface area contributed by atoms with Crippen LogP contribution in [-0.4, -0.2) is 35.1 Å². The van der Waals surface area contributed by atoms with E-state index >= 15 is 0 Å². The molecule has 0 saturated heterocycles. The third kappa shape index (κ3) is 5.17.